The molecule has 1 saturated heterocycles. The zero-order valence-electron chi connectivity index (χ0n) is 18.6. The maximum Gasteiger partial charge on any atom is 0.243 e. The molecule has 7 heteroatoms. The number of para-hydroxylation sites is 1. The lowest BCUT2D eigenvalue weighted by molar-refractivity contribution is -0.120. The number of halogens is 1. The lowest BCUT2D eigenvalue weighted by Gasteiger charge is -2.31. The Bertz CT molecular complexity index is 999. The predicted octanol–water partition coefficient (Wildman–Crippen LogP) is 5.11. The van der Waals surface area contributed by atoms with Gasteiger partial charge < -0.3 is 5.32 Å². The Kier molecular flexibility index (Phi) is 7.17. The molecular weight excluding hydrogens is 415 g/mol. The van der Waals surface area contributed by atoms with Crippen molar-refractivity contribution in [2.45, 2.75) is 57.3 Å². The maximum absolute atomic E-state index is 13.1. The molecule has 1 amide bonds. The Morgan fingerprint density at radius 1 is 0.968 bits per heavy atom. The first-order valence-electron chi connectivity index (χ1n) is 10.8. The van der Waals surface area contributed by atoms with Gasteiger partial charge in [0.05, 0.1) is 4.90 Å². The highest BCUT2D eigenvalue weighted by molar-refractivity contribution is 7.89. The van der Waals surface area contributed by atoms with E-state index >= 15 is 0 Å². The van der Waals surface area contributed by atoms with Crippen molar-refractivity contribution in [3.05, 3.63) is 59.4 Å². The molecule has 0 unspecified atom stereocenters. The average Bonchev–Trinajstić information content (AvgIpc) is 2.74. The molecule has 3 rings (SSSR count). The van der Waals surface area contributed by atoms with Gasteiger partial charge >= 0.3 is 0 Å². The first kappa shape index (κ1) is 23.4. The minimum Gasteiger partial charge on any atom is -0.325 e. The van der Waals surface area contributed by atoms with Gasteiger partial charge in [-0.2, -0.15) is 4.31 Å². The number of benzene rings is 2. The quantitative estimate of drug-likeness (QED) is 0.670. The molecule has 0 bridgehead atoms. The van der Waals surface area contributed by atoms with E-state index in [1.165, 1.54) is 16.4 Å². The lowest BCUT2D eigenvalue weighted by atomic mass is 9.91. The van der Waals surface area contributed by atoms with Crippen molar-refractivity contribution in [2.24, 2.45) is 5.92 Å². The zero-order chi connectivity index (χ0) is 22.8. The number of nitrogens with zero attached hydrogens (tertiary/aromatic N) is 1. The van der Waals surface area contributed by atoms with Crippen molar-refractivity contribution >= 4 is 21.6 Å². The van der Waals surface area contributed by atoms with E-state index in [1.54, 1.807) is 0 Å². The molecule has 2 aromatic carbocycles. The molecule has 0 spiro atoms. The number of carbonyl (C=O) groups is 1. The highest BCUT2D eigenvalue weighted by Crippen LogP contribution is 2.33. The van der Waals surface area contributed by atoms with Crippen LogP contribution >= 0.6 is 0 Å². The van der Waals surface area contributed by atoms with Gasteiger partial charge in [0, 0.05) is 24.7 Å². The second kappa shape index (κ2) is 9.49. The highest BCUT2D eigenvalue weighted by Gasteiger charge is 2.32. The van der Waals surface area contributed by atoms with Gasteiger partial charge in [0.15, 0.2) is 0 Å². The molecule has 31 heavy (non-hydrogen) atoms. The van der Waals surface area contributed by atoms with Crippen molar-refractivity contribution in [1.82, 2.24) is 4.31 Å². The third-order valence-corrected chi connectivity index (χ3v) is 7.81. The van der Waals surface area contributed by atoms with Crippen LogP contribution in [0.3, 0.4) is 0 Å². The lowest BCUT2D eigenvalue weighted by Crippen LogP contribution is -2.41. The van der Waals surface area contributed by atoms with Gasteiger partial charge in [-0.1, -0.05) is 45.9 Å². The Morgan fingerprint density at radius 3 is 1.97 bits per heavy atom. The molecule has 0 atom stereocenters. The summed E-state index contributed by atoms with van der Waals surface area (Å²) < 4.78 is 40.1. The number of amides is 1. The molecule has 0 saturated carbocycles. The second-order valence-corrected chi connectivity index (χ2v) is 10.7. The number of hydrogen-bond acceptors (Lipinski definition) is 3. The van der Waals surface area contributed by atoms with Crippen molar-refractivity contribution in [3.63, 3.8) is 0 Å². The van der Waals surface area contributed by atoms with Gasteiger partial charge in [0.2, 0.25) is 15.9 Å². The van der Waals surface area contributed by atoms with Gasteiger partial charge in [-0.05, 0) is 60.1 Å². The van der Waals surface area contributed by atoms with Crippen molar-refractivity contribution in [2.75, 3.05) is 18.4 Å². The normalized spacial score (nSPS) is 16.1. The summed E-state index contributed by atoms with van der Waals surface area (Å²) in [4.78, 5) is 13.1. The van der Waals surface area contributed by atoms with E-state index in [9.17, 15) is 17.6 Å². The number of anilines is 1. The van der Waals surface area contributed by atoms with Gasteiger partial charge in [-0.3, -0.25) is 4.79 Å². The Morgan fingerprint density at radius 2 is 1.48 bits per heavy atom. The number of piperidine rings is 1. The van der Waals surface area contributed by atoms with Crippen molar-refractivity contribution in [1.29, 1.82) is 0 Å². The number of rotatable bonds is 6. The first-order chi connectivity index (χ1) is 14.6. The highest BCUT2D eigenvalue weighted by atomic mass is 32.2. The monoisotopic (exact) mass is 446 g/mol. The maximum atomic E-state index is 13.1. The van der Waals surface area contributed by atoms with Crippen LogP contribution in [0.1, 0.15) is 63.5 Å². The third-order valence-electron chi connectivity index (χ3n) is 5.90. The molecule has 5 nitrogen and oxygen atoms in total. The van der Waals surface area contributed by atoms with Crippen LogP contribution in [0.5, 0.6) is 0 Å². The zero-order valence-corrected chi connectivity index (χ0v) is 19.4. The molecule has 2 aromatic rings. The molecule has 1 N–H and O–H groups in total. The van der Waals surface area contributed by atoms with E-state index in [4.69, 9.17) is 0 Å². The fraction of sp³-hybridized carbons (Fsp3) is 0.458. The largest absolute Gasteiger partial charge is 0.325 e. The molecule has 168 valence electrons. The van der Waals surface area contributed by atoms with Crippen LogP contribution in [0.25, 0.3) is 0 Å². The van der Waals surface area contributed by atoms with Gasteiger partial charge in [0.1, 0.15) is 5.82 Å². The standard InChI is InChI=1S/C24H31FN2O3S/c1-16(2)21-6-5-7-22(17(3)4)23(21)26-24(28)18-12-14-27(15-13-18)31(29,30)20-10-8-19(25)9-11-20/h5-11,16-18H,12-15H2,1-4H3,(H,26,28). The fourth-order valence-electron chi connectivity index (χ4n) is 4.03. The summed E-state index contributed by atoms with van der Waals surface area (Å²) in [5, 5.41) is 3.15. The Balaban J connectivity index is 1.71. The Labute approximate surface area is 184 Å². The van der Waals surface area contributed by atoms with Crippen LogP contribution in [0.2, 0.25) is 0 Å². The van der Waals surface area contributed by atoms with Crippen LogP contribution < -0.4 is 5.32 Å². The molecule has 0 aliphatic carbocycles. The Hall–Kier alpha value is -2.25. The summed E-state index contributed by atoms with van der Waals surface area (Å²) in [5.74, 6) is -0.237. The molecule has 1 fully saturated rings. The number of carbonyl (C=O) groups excluding carboxylic acids is 1. The SMILES string of the molecule is CC(C)c1cccc(C(C)C)c1NC(=O)C1CCN(S(=O)(=O)c2ccc(F)cc2)CC1. The van der Waals surface area contributed by atoms with Crippen molar-refractivity contribution < 1.29 is 17.6 Å². The topological polar surface area (TPSA) is 66.5 Å². The van der Waals surface area contributed by atoms with Crippen LogP contribution in [0, 0.1) is 11.7 Å². The predicted molar refractivity (Wildman–Crippen MR) is 121 cm³/mol. The molecule has 0 radical (unpaired) electrons. The smallest absolute Gasteiger partial charge is 0.243 e. The van der Waals surface area contributed by atoms with E-state index in [0.717, 1.165) is 28.9 Å². The summed E-state index contributed by atoms with van der Waals surface area (Å²) in [5.41, 5.74) is 3.10. The van der Waals surface area contributed by atoms with Crippen LogP contribution in [-0.2, 0) is 14.8 Å². The van der Waals surface area contributed by atoms with E-state index < -0.39 is 15.8 Å². The summed E-state index contributed by atoms with van der Waals surface area (Å²) in [6, 6.07) is 11.0. The van der Waals surface area contributed by atoms with E-state index in [1.807, 2.05) is 18.2 Å². The van der Waals surface area contributed by atoms with Crippen LogP contribution in [0.15, 0.2) is 47.4 Å². The fourth-order valence-corrected chi connectivity index (χ4v) is 5.50. The van der Waals surface area contributed by atoms with Crippen LogP contribution in [-0.4, -0.2) is 31.7 Å². The molecule has 0 aromatic heterocycles. The summed E-state index contributed by atoms with van der Waals surface area (Å²) >= 11 is 0. The molecule has 1 heterocycles. The van der Waals surface area contributed by atoms with Gasteiger partial charge in [0.25, 0.3) is 0 Å². The van der Waals surface area contributed by atoms with E-state index in [0.29, 0.717) is 12.8 Å². The van der Waals surface area contributed by atoms with Crippen LogP contribution in [0.4, 0.5) is 10.1 Å². The average molecular weight is 447 g/mol. The van der Waals surface area contributed by atoms with E-state index in [2.05, 4.69) is 33.0 Å². The minimum absolute atomic E-state index is 0.0613. The summed E-state index contributed by atoms with van der Waals surface area (Å²) in [6.07, 6.45) is 0.903. The minimum atomic E-state index is -3.69. The van der Waals surface area contributed by atoms with Gasteiger partial charge in [-0.15, -0.1) is 0 Å². The second-order valence-electron chi connectivity index (χ2n) is 8.74. The van der Waals surface area contributed by atoms with Gasteiger partial charge in [-0.25, -0.2) is 12.8 Å². The molecule has 1 aliphatic rings. The molecule has 1 aliphatic heterocycles. The number of sulfonamides is 1. The summed E-state index contributed by atoms with van der Waals surface area (Å²) in [6.45, 7) is 8.95. The third kappa shape index (κ3) is 5.15. The molecular formula is C24H31FN2O3S. The number of hydrogen-bond donors (Lipinski definition) is 1. The van der Waals surface area contributed by atoms with E-state index in [-0.39, 0.29) is 41.6 Å². The number of nitrogens with one attached hydrogen (secondary N) is 1. The van der Waals surface area contributed by atoms with Crippen molar-refractivity contribution in [3.8, 4) is 0 Å². The first-order valence-corrected chi connectivity index (χ1v) is 12.2. The summed E-state index contributed by atoms with van der Waals surface area (Å²) in [7, 11) is -3.69.